The minimum atomic E-state index is -0.576. The van der Waals surface area contributed by atoms with Crippen LogP contribution in [0, 0.1) is 12.7 Å². The number of fused-ring (bicyclic) bond motifs is 3. The number of anilines is 1. The predicted molar refractivity (Wildman–Crippen MR) is 126 cm³/mol. The summed E-state index contributed by atoms with van der Waals surface area (Å²) in [5, 5.41) is 2.86. The molecule has 0 unspecified atom stereocenters. The van der Waals surface area contributed by atoms with Crippen LogP contribution < -0.4 is 10.1 Å². The molecule has 3 heterocycles. The second-order valence-electron chi connectivity index (χ2n) is 9.05. The molecule has 1 saturated carbocycles. The van der Waals surface area contributed by atoms with Crippen molar-refractivity contribution in [2.24, 2.45) is 0 Å². The Morgan fingerprint density at radius 3 is 2.91 bits per heavy atom. The van der Waals surface area contributed by atoms with E-state index in [2.05, 4.69) is 15.3 Å². The fourth-order valence-electron chi connectivity index (χ4n) is 4.49. The van der Waals surface area contributed by atoms with E-state index in [0.29, 0.717) is 24.0 Å². The number of imidazole rings is 2. The van der Waals surface area contributed by atoms with Crippen LogP contribution in [0.1, 0.15) is 53.3 Å². The molecule has 0 saturated heterocycles. The van der Waals surface area contributed by atoms with Crippen LogP contribution in [0.4, 0.5) is 10.1 Å². The molecule has 0 radical (unpaired) electrons. The van der Waals surface area contributed by atoms with Crippen LogP contribution >= 0.6 is 0 Å². The minimum absolute atomic E-state index is 0.0386. The van der Waals surface area contributed by atoms with Gasteiger partial charge in [-0.2, -0.15) is 0 Å². The van der Waals surface area contributed by atoms with Gasteiger partial charge in [0.25, 0.3) is 5.91 Å². The Bertz CT molecular complexity index is 1420. The molecule has 1 amide bonds. The summed E-state index contributed by atoms with van der Waals surface area (Å²) in [4.78, 5) is 22.2. The van der Waals surface area contributed by atoms with E-state index < -0.39 is 11.7 Å². The van der Waals surface area contributed by atoms with Gasteiger partial charge >= 0.3 is 0 Å². The van der Waals surface area contributed by atoms with Crippen molar-refractivity contribution in [3.05, 3.63) is 77.9 Å². The zero-order valence-electron chi connectivity index (χ0n) is 19.0. The topological polar surface area (TPSA) is 74.0 Å². The lowest BCUT2D eigenvalue weighted by molar-refractivity contribution is 0.102. The van der Waals surface area contributed by atoms with Crippen molar-refractivity contribution in [1.82, 2.24) is 19.1 Å². The fraction of sp³-hybridized carbons (Fsp3) is 0.269. The molecule has 1 aliphatic heterocycles. The van der Waals surface area contributed by atoms with Gasteiger partial charge in [0.05, 0.1) is 40.6 Å². The standard InChI is InChI=1S/C26H24FN5O2/c1-15-10-20(27)19(11-23(15)31-12-22(29-14-31)17-6-7-17)26(33)30-21-5-3-4-18-24(21)34-13-16(2)32-9-8-28-25(18)32/h3-5,8-12,14,16-17H,6-7,13H2,1-2H3,(H,30,33)/t16-/m0/s1. The molecular formula is C26H24FN5O2. The summed E-state index contributed by atoms with van der Waals surface area (Å²) in [6.45, 7) is 4.30. The molecule has 1 N–H and O–H groups in total. The van der Waals surface area contributed by atoms with Crippen molar-refractivity contribution < 1.29 is 13.9 Å². The molecule has 4 aromatic rings. The smallest absolute Gasteiger partial charge is 0.258 e. The van der Waals surface area contributed by atoms with Gasteiger partial charge < -0.3 is 19.2 Å². The third-order valence-electron chi connectivity index (χ3n) is 6.52. The van der Waals surface area contributed by atoms with Crippen molar-refractivity contribution in [3.63, 3.8) is 0 Å². The van der Waals surface area contributed by atoms with Gasteiger partial charge in [-0.3, -0.25) is 4.79 Å². The van der Waals surface area contributed by atoms with E-state index in [9.17, 15) is 9.18 Å². The summed E-state index contributed by atoms with van der Waals surface area (Å²) in [6, 6.07) is 8.54. The predicted octanol–water partition coefficient (Wildman–Crippen LogP) is 5.27. The zero-order chi connectivity index (χ0) is 23.4. The quantitative estimate of drug-likeness (QED) is 0.453. The van der Waals surface area contributed by atoms with Crippen molar-refractivity contribution >= 4 is 11.6 Å². The highest BCUT2D eigenvalue weighted by Crippen LogP contribution is 2.40. The highest BCUT2D eigenvalue weighted by atomic mass is 19.1. The summed E-state index contributed by atoms with van der Waals surface area (Å²) < 4.78 is 24.9. The van der Waals surface area contributed by atoms with E-state index in [4.69, 9.17) is 4.74 Å². The Balaban J connectivity index is 1.34. The monoisotopic (exact) mass is 457 g/mol. The first-order valence-electron chi connectivity index (χ1n) is 11.4. The molecular weight excluding hydrogens is 433 g/mol. The lowest BCUT2D eigenvalue weighted by Crippen LogP contribution is -2.16. The molecule has 6 rings (SSSR count). The van der Waals surface area contributed by atoms with E-state index >= 15 is 0 Å². The third-order valence-corrected chi connectivity index (χ3v) is 6.52. The van der Waals surface area contributed by atoms with Crippen LogP contribution in [-0.2, 0) is 0 Å². The molecule has 8 heteroatoms. The Morgan fingerprint density at radius 1 is 1.24 bits per heavy atom. The van der Waals surface area contributed by atoms with E-state index in [1.807, 2.05) is 47.5 Å². The average molecular weight is 458 g/mol. The number of hydrogen-bond acceptors (Lipinski definition) is 4. The fourth-order valence-corrected chi connectivity index (χ4v) is 4.49. The molecule has 1 atom stereocenters. The van der Waals surface area contributed by atoms with Gasteiger partial charge in [0, 0.05) is 24.5 Å². The van der Waals surface area contributed by atoms with Gasteiger partial charge in [-0.1, -0.05) is 6.07 Å². The molecule has 1 fully saturated rings. The molecule has 2 aromatic carbocycles. The number of nitrogens with zero attached hydrogens (tertiary/aromatic N) is 4. The summed E-state index contributed by atoms with van der Waals surface area (Å²) in [7, 11) is 0. The second-order valence-corrected chi connectivity index (χ2v) is 9.05. The maximum absolute atomic E-state index is 14.9. The van der Waals surface area contributed by atoms with Crippen LogP contribution in [-0.4, -0.2) is 31.6 Å². The van der Waals surface area contributed by atoms with Gasteiger partial charge in [0.1, 0.15) is 18.2 Å². The van der Waals surface area contributed by atoms with E-state index in [0.717, 1.165) is 41.2 Å². The SMILES string of the molecule is Cc1cc(F)c(C(=O)Nc2cccc3c2OC[C@H](C)n2ccnc2-3)cc1-n1cnc(C2CC2)c1. The van der Waals surface area contributed by atoms with Crippen LogP contribution in [0.5, 0.6) is 5.75 Å². The van der Waals surface area contributed by atoms with E-state index in [-0.39, 0.29) is 11.6 Å². The first-order valence-corrected chi connectivity index (χ1v) is 11.4. The number of ether oxygens (including phenoxy) is 1. The molecule has 0 spiro atoms. The third kappa shape index (κ3) is 3.46. The number of benzene rings is 2. The largest absolute Gasteiger partial charge is 0.488 e. The Hall–Kier alpha value is -3.94. The van der Waals surface area contributed by atoms with Crippen LogP contribution in [0.2, 0.25) is 0 Å². The first kappa shape index (κ1) is 20.7. The molecule has 0 bridgehead atoms. The van der Waals surface area contributed by atoms with Gasteiger partial charge in [-0.05, 0) is 56.5 Å². The number of carbonyl (C=O) groups excluding carboxylic acids is 1. The summed E-state index contributed by atoms with van der Waals surface area (Å²) in [5.74, 6) is 0.694. The van der Waals surface area contributed by atoms with Crippen molar-refractivity contribution in [2.45, 2.75) is 38.6 Å². The maximum Gasteiger partial charge on any atom is 0.258 e. The number of amides is 1. The maximum atomic E-state index is 14.9. The first-order chi connectivity index (χ1) is 16.5. The zero-order valence-corrected chi connectivity index (χ0v) is 19.0. The van der Waals surface area contributed by atoms with Gasteiger partial charge in [-0.25, -0.2) is 14.4 Å². The molecule has 172 valence electrons. The molecule has 2 aliphatic rings. The van der Waals surface area contributed by atoms with Crippen molar-refractivity contribution in [1.29, 1.82) is 0 Å². The second kappa shape index (κ2) is 7.83. The minimum Gasteiger partial charge on any atom is -0.488 e. The van der Waals surface area contributed by atoms with Gasteiger partial charge in [0.15, 0.2) is 5.75 Å². The van der Waals surface area contributed by atoms with Crippen molar-refractivity contribution in [2.75, 3.05) is 11.9 Å². The summed E-state index contributed by atoms with van der Waals surface area (Å²) >= 11 is 0. The highest BCUT2D eigenvalue weighted by Gasteiger charge is 2.27. The number of para-hydroxylation sites is 1. The Kier molecular flexibility index (Phi) is 4.76. The number of carbonyl (C=O) groups is 1. The molecule has 7 nitrogen and oxygen atoms in total. The van der Waals surface area contributed by atoms with Crippen LogP contribution in [0.15, 0.2) is 55.2 Å². The Morgan fingerprint density at radius 2 is 2.09 bits per heavy atom. The van der Waals surface area contributed by atoms with E-state index in [1.54, 1.807) is 24.7 Å². The average Bonchev–Trinajstić information content (AvgIpc) is 3.38. The van der Waals surface area contributed by atoms with Crippen LogP contribution in [0.25, 0.3) is 17.1 Å². The number of aryl methyl sites for hydroxylation is 1. The molecule has 2 aromatic heterocycles. The Labute approximate surface area is 196 Å². The number of nitrogens with one attached hydrogen (secondary N) is 1. The lowest BCUT2D eigenvalue weighted by Gasteiger charge is -2.15. The van der Waals surface area contributed by atoms with Gasteiger partial charge in [0.2, 0.25) is 0 Å². The van der Waals surface area contributed by atoms with Gasteiger partial charge in [-0.15, -0.1) is 0 Å². The molecule has 34 heavy (non-hydrogen) atoms. The normalized spacial score (nSPS) is 16.9. The number of aromatic nitrogens is 4. The lowest BCUT2D eigenvalue weighted by atomic mass is 10.1. The van der Waals surface area contributed by atoms with Crippen LogP contribution in [0.3, 0.4) is 0 Å². The van der Waals surface area contributed by atoms with E-state index in [1.165, 1.54) is 6.07 Å². The highest BCUT2D eigenvalue weighted by molar-refractivity contribution is 6.06. The van der Waals surface area contributed by atoms with Crippen molar-refractivity contribution in [3.8, 4) is 22.8 Å². The summed E-state index contributed by atoms with van der Waals surface area (Å²) in [6.07, 6.45) is 9.65. The summed E-state index contributed by atoms with van der Waals surface area (Å²) in [5.41, 5.74) is 3.71. The number of hydrogen-bond donors (Lipinski definition) is 1. The molecule has 1 aliphatic carbocycles. The number of rotatable bonds is 4. The number of halogens is 1.